The monoisotopic (exact) mass is 339 g/mol. The molecule has 1 atom stereocenters. The minimum atomic E-state index is 0.393. The first-order valence-electron chi connectivity index (χ1n) is 7.56. The second-order valence-corrected chi connectivity index (χ2v) is 7.87. The van der Waals surface area contributed by atoms with Crippen LogP contribution >= 0.6 is 15.9 Å². The number of aromatic hydroxyl groups is 1. The van der Waals surface area contributed by atoms with Crippen LogP contribution in [0, 0.1) is 11.3 Å². The summed E-state index contributed by atoms with van der Waals surface area (Å²) >= 11 is 3.39. The van der Waals surface area contributed by atoms with E-state index in [1.807, 2.05) is 18.2 Å². The number of halogens is 1. The van der Waals surface area contributed by atoms with Gasteiger partial charge in [0.25, 0.3) is 0 Å². The molecule has 1 N–H and O–H groups in total. The lowest BCUT2D eigenvalue weighted by Gasteiger charge is -2.29. The smallest absolute Gasteiger partial charge is 0.134 e. The van der Waals surface area contributed by atoms with E-state index in [-0.39, 0.29) is 0 Å². The highest BCUT2D eigenvalue weighted by molar-refractivity contribution is 9.10. The van der Waals surface area contributed by atoms with Crippen LogP contribution in [0.25, 0.3) is 0 Å². The van der Waals surface area contributed by atoms with E-state index in [4.69, 9.17) is 0 Å². The minimum absolute atomic E-state index is 0.393. The molecule has 2 rings (SSSR count). The Balaban J connectivity index is 1.99. The van der Waals surface area contributed by atoms with Gasteiger partial charge >= 0.3 is 0 Å². The summed E-state index contributed by atoms with van der Waals surface area (Å²) in [5.41, 5.74) is 1.43. The van der Waals surface area contributed by atoms with Gasteiger partial charge in [0.15, 0.2) is 0 Å². The van der Waals surface area contributed by atoms with Gasteiger partial charge in [-0.05, 0) is 65.7 Å². The molecule has 2 nitrogen and oxygen atoms in total. The van der Waals surface area contributed by atoms with E-state index in [1.165, 1.54) is 19.3 Å². The summed E-state index contributed by atoms with van der Waals surface area (Å²) in [5.74, 6) is 1.20. The summed E-state index contributed by atoms with van der Waals surface area (Å²) in [4.78, 5) is 2.48. The van der Waals surface area contributed by atoms with Gasteiger partial charge in [-0.25, -0.2) is 0 Å². The lowest BCUT2D eigenvalue weighted by Crippen LogP contribution is -2.26. The number of rotatable bonds is 2. The van der Waals surface area contributed by atoms with Gasteiger partial charge in [-0.2, -0.15) is 0 Å². The lowest BCUT2D eigenvalue weighted by molar-refractivity contribution is 0.206. The molecule has 1 saturated heterocycles. The third-order valence-corrected chi connectivity index (χ3v) is 5.15. The minimum Gasteiger partial charge on any atom is -0.506 e. The van der Waals surface area contributed by atoms with Crippen molar-refractivity contribution in [2.75, 3.05) is 13.1 Å². The molecular weight excluding hydrogens is 314 g/mol. The molecule has 1 unspecified atom stereocenters. The highest BCUT2D eigenvalue weighted by atomic mass is 79.9. The van der Waals surface area contributed by atoms with Gasteiger partial charge in [0, 0.05) is 12.1 Å². The molecule has 0 aromatic heterocycles. The van der Waals surface area contributed by atoms with E-state index < -0.39 is 0 Å². The van der Waals surface area contributed by atoms with Crippen molar-refractivity contribution in [2.45, 2.75) is 46.6 Å². The second-order valence-electron chi connectivity index (χ2n) is 7.02. The van der Waals surface area contributed by atoms with Crippen LogP contribution in [0.5, 0.6) is 5.75 Å². The highest BCUT2D eigenvalue weighted by Gasteiger charge is 2.27. The van der Waals surface area contributed by atoms with Crippen LogP contribution in [0.3, 0.4) is 0 Å². The summed E-state index contributed by atoms with van der Waals surface area (Å²) in [7, 11) is 0. The maximum Gasteiger partial charge on any atom is 0.134 e. The SMILES string of the molecule is CC(C)(C)C1CCCN(Cc2cccc(Br)c2O)CC1. The Kier molecular flexibility index (Phi) is 5.14. The third kappa shape index (κ3) is 3.98. The van der Waals surface area contributed by atoms with E-state index >= 15 is 0 Å². The molecule has 0 saturated carbocycles. The zero-order valence-electron chi connectivity index (χ0n) is 12.8. The maximum atomic E-state index is 10.1. The van der Waals surface area contributed by atoms with E-state index in [0.717, 1.165) is 35.6 Å². The molecule has 1 aromatic carbocycles. The zero-order chi connectivity index (χ0) is 14.8. The molecule has 0 spiro atoms. The molecule has 0 amide bonds. The molecule has 3 heteroatoms. The predicted molar refractivity (Wildman–Crippen MR) is 87.9 cm³/mol. The molecule has 1 aromatic rings. The number of benzene rings is 1. The van der Waals surface area contributed by atoms with E-state index in [2.05, 4.69) is 41.6 Å². The van der Waals surface area contributed by atoms with E-state index in [1.54, 1.807) is 0 Å². The third-order valence-electron chi connectivity index (χ3n) is 4.51. The number of para-hydroxylation sites is 1. The van der Waals surface area contributed by atoms with Gasteiger partial charge in [0.05, 0.1) is 4.47 Å². The van der Waals surface area contributed by atoms with Crippen molar-refractivity contribution < 1.29 is 5.11 Å². The van der Waals surface area contributed by atoms with Gasteiger partial charge in [-0.15, -0.1) is 0 Å². The zero-order valence-corrected chi connectivity index (χ0v) is 14.4. The fraction of sp³-hybridized carbons (Fsp3) is 0.647. The fourth-order valence-corrected chi connectivity index (χ4v) is 3.52. The number of likely N-dealkylation sites (tertiary alicyclic amines) is 1. The van der Waals surface area contributed by atoms with Gasteiger partial charge in [-0.3, -0.25) is 4.90 Å². The molecule has 1 aliphatic heterocycles. The highest BCUT2D eigenvalue weighted by Crippen LogP contribution is 2.35. The van der Waals surface area contributed by atoms with Crippen LogP contribution < -0.4 is 0 Å². The molecule has 1 aliphatic rings. The van der Waals surface area contributed by atoms with Gasteiger partial charge in [-0.1, -0.05) is 32.9 Å². The Bertz CT molecular complexity index is 453. The standard InChI is InChI=1S/C17H26BrNO/c1-17(2,3)14-7-5-10-19(11-9-14)12-13-6-4-8-15(18)16(13)20/h4,6,8,14,20H,5,7,9-12H2,1-3H3. The summed E-state index contributed by atoms with van der Waals surface area (Å²) in [6, 6.07) is 5.90. The van der Waals surface area contributed by atoms with Crippen molar-refractivity contribution in [3.05, 3.63) is 28.2 Å². The molecule has 1 heterocycles. The predicted octanol–water partition coefficient (Wildman–Crippen LogP) is 4.80. The molecular formula is C17H26BrNO. The van der Waals surface area contributed by atoms with Crippen molar-refractivity contribution in [3.8, 4) is 5.75 Å². The van der Waals surface area contributed by atoms with Crippen molar-refractivity contribution in [3.63, 3.8) is 0 Å². The second kappa shape index (κ2) is 6.48. The van der Waals surface area contributed by atoms with E-state index in [0.29, 0.717) is 11.2 Å². The number of hydrogen-bond acceptors (Lipinski definition) is 2. The fourth-order valence-electron chi connectivity index (χ4n) is 3.11. The Morgan fingerprint density at radius 2 is 2.00 bits per heavy atom. The van der Waals surface area contributed by atoms with Crippen LogP contribution in [0.1, 0.15) is 45.6 Å². The number of phenols is 1. The normalized spacial score (nSPS) is 21.7. The number of phenolic OH excluding ortho intramolecular Hbond substituents is 1. The van der Waals surface area contributed by atoms with Crippen molar-refractivity contribution in [2.24, 2.45) is 11.3 Å². The molecule has 112 valence electrons. The average molecular weight is 340 g/mol. The van der Waals surface area contributed by atoms with Gasteiger partial charge in [0.1, 0.15) is 5.75 Å². The summed E-state index contributed by atoms with van der Waals surface area (Å²) in [5, 5.41) is 10.1. The first-order valence-corrected chi connectivity index (χ1v) is 8.36. The van der Waals surface area contributed by atoms with Crippen LogP contribution in [-0.2, 0) is 6.54 Å². The maximum absolute atomic E-state index is 10.1. The lowest BCUT2D eigenvalue weighted by atomic mass is 9.77. The largest absolute Gasteiger partial charge is 0.506 e. The van der Waals surface area contributed by atoms with Crippen LogP contribution in [0.2, 0.25) is 0 Å². The molecule has 0 bridgehead atoms. The first kappa shape index (κ1) is 15.8. The number of hydrogen-bond donors (Lipinski definition) is 1. The molecule has 1 fully saturated rings. The Hall–Kier alpha value is -0.540. The van der Waals surface area contributed by atoms with Gasteiger partial charge in [0.2, 0.25) is 0 Å². The summed E-state index contributed by atoms with van der Waals surface area (Å²) in [6.45, 7) is 10.2. The van der Waals surface area contributed by atoms with Crippen molar-refractivity contribution in [1.82, 2.24) is 4.90 Å². The van der Waals surface area contributed by atoms with Crippen molar-refractivity contribution >= 4 is 15.9 Å². The van der Waals surface area contributed by atoms with Crippen molar-refractivity contribution in [1.29, 1.82) is 0 Å². The Morgan fingerprint density at radius 1 is 1.25 bits per heavy atom. The first-order chi connectivity index (χ1) is 9.38. The molecule has 0 aliphatic carbocycles. The Labute approximate surface area is 131 Å². The average Bonchev–Trinajstić information content (AvgIpc) is 2.60. The quantitative estimate of drug-likeness (QED) is 0.836. The summed E-state index contributed by atoms with van der Waals surface area (Å²) < 4.78 is 0.789. The Morgan fingerprint density at radius 3 is 2.70 bits per heavy atom. The number of nitrogens with zero attached hydrogens (tertiary/aromatic N) is 1. The van der Waals surface area contributed by atoms with Gasteiger partial charge < -0.3 is 5.11 Å². The topological polar surface area (TPSA) is 23.5 Å². The molecule has 0 radical (unpaired) electrons. The van der Waals surface area contributed by atoms with Crippen LogP contribution in [0.15, 0.2) is 22.7 Å². The van der Waals surface area contributed by atoms with Crippen LogP contribution in [0.4, 0.5) is 0 Å². The summed E-state index contributed by atoms with van der Waals surface area (Å²) in [6.07, 6.45) is 3.85. The van der Waals surface area contributed by atoms with Crippen LogP contribution in [-0.4, -0.2) is 23.1 Å². The van der Waals surface area contributed by atoms with E-state index in [9.17, 15) is 5.11 Å². The molecule has 20 heavy (non-hydrogen) atoms.